The lowest BCUT2D eigenvalue weighted by Crippen LogP contribution is -2.72. The van der Waals surface area contributed by atoms with E-state index in [0.29, 0.717) is 11.1 Å². The van der Waals surface area contributed by atoms with Crippen molar-refractivity contribution in [3.8, 4) is 0 Å². The summed E-state index contributed by atoms with van der Waals surface area (Å²) in [6, 6.07) is 3.76. The van der Waals surface area contributed by atoms with Crippen LogP contribution < -0.4 is 4.90 Å². The van der Waals surface area contributed by atoms with Crippen LogP contribution in [0.15, 0.2) is 24.5 Å². The molecule has 0 unspecified atom stereocenters. The van der Waals surface area contributed by atoms with Crippen molar-refractivity contribution in [2.45, 2.75) is 6.54 Å². The third-order valence-electron chi connectivity index (χ3n) is 4.22. The quantitative estimate of drug-likeness (QED) is 0.787. The van der Waals surface area contributed by atoms with E-state index in [4.69, 9.17) is 0 Å². The Morgan fingerprint density at radius 1 is 1.24 bits per heavy atom. The standard InChI is InChI=1S/C14H15N5OS/c20-6-12-2-1-11(3-15-12)5-18-7-14(8-18)9-19(10-14)13-4-16-21-17-13/h1-4,6H,5,7-10H2. The number of carbonyl (C=O) groups excluding carboxylic acids is 1. The summed E-state index contributed by atoms with van der Waals surface area (Å²) in [5.41, 5.74) is 2.10. The molecule has 4 rings (SSSR count). The molecule has 0 aromatic carbocycles. The SMILES string of the molecule is O=Cc1ccc(CN2CC3(C2)CN(c2cnsn2)C3)cn1. The number of rotatable bonds is 4. The van der Waals surface area contributed by atoms with Crippen LogP contribution in [0.3, 0.4) is 0 Å². The second-order valence-corrected chi connectivity index (χ2v) is 6.53. The summed E-state index contributed by atoms with van der Waals surface area (Å²) in [6.45, 7) is 5.31. The van der Waals surface area contributed by atoms with E-state index in [1.165, 1.54) is 11.7 Å². The van der Waals surface area contributed by atoms with Crippen LogP contribution >= 0.6 is 11.7 Å². The second-order valence-electron chi connectivity index (χ2n) is 5.98. The summed E-state index contributed by atoms with van der Waals surface area (Å²) in [4.78, 5) is 19.4. The average molecular weight is 301 g/mol. The molecular formula is C14H15N5OS. The van der Waals surface area contributed by atoms with Gasteiger partial charge in [-0.15, -0.1) is 0 Å². The van der Waals surface area contributed by atoms with Crippen molar-refractivity contribution in [3.05, 3.63) is 35.8 Å². The zero-order valence-electron chi connectivity index (χ0n) is 11.5. The van der Waals surface area contributed by atoms with Crippen molar-refractivity contribution in [1.29, 1.82) is 0 Å². The molecule has 6 nitrogen and oxygen atoms in total. The Hall–Kier alpha value is -1.86. The number of aldehydes is 1. The minimum atomic E-state index is 0.444. The lowest BCUT2D eigenvalue weighted by atomic mass is 9.73. The van der Waals surface area contributed by atoms with Gasteiger partial charge < -0.3 is 4.90 Å². The van der Waals surface area contributed by atoms with E-state index in [2.05, 4.69) is 23.5 Å². The Labute approximate surface area is 126 Å². The first-order valence-electron chi connectivity index (χ1n) is 6.91. The minimum Gasteiger partial charge on any atom is -0.353 e. The third-order valence-corrected chi connectivity index (χ3v) is 4.69. The van der Waals surface area contributed by atoms with E-state index >= 15 is 0 Å². The molecule has 2 saturated heterocycles. The molecule has 108 valence electrons. The number of carbonyl (C=O) groups is 1. The van der Waals surface area contributed by atoms with Crippen LogP contribution in [0.25, 0.3) is 0 Å². The van der Waals surface area contributed by atoms with Gasteiger partial charge in [-0.25, -0.2) is 0 Å². The van der Waals surface area contributed by atoms with E-state index in [1.807, 2.05) is 12.3 Å². The van der Waals surface area contributed by atoms with Crippen molar-refractivity contribution >= 4 is 23.8 Å². The highest BCUT2D eigenvalue weighted by molar-refractivity contribution is 6.99. The number of nitrogens with zero attached hydrogens (tertiary/aromatic N) is 5. The predicted octanol–water partition coefficient (Wildman–Crippen LogP) is 1.07. The Morgan fingerprint density at radius 2 is 2.10 bits per heavy atom. The fourth-order valence-corrected chi connectivity index (χ4v) is 3.73. The summed E-state index contributed by atoms with van der Waals surface area (Å²) in [6.07, 6.45) is 4.41. The molecule has 0 aliphatic carbocycles. The molecule has 0 saturated carbocycles. The summed E-state index contributed by atoms with van der Waals surface area (Å²) in [5, 5.41) is 0. The number of hydrogen-bond acceptors (Lipinski definition) is 7. The molecule has 2 fully saturated rings. The molecule has 2 aromatic rings. The zero-order valence-corrected chi connectivity index (χ0v) is 12.3. The van der Waals surface area contributed by atoms with Gasteiger partial charge in [0, 0.05) is 44.3 Å². The van der Waals surface area contributed by atoms with Gasteiger partial charge in [-0.1, -0.05) is 6.07 Å². The fraction of sp³-hybridized carbons (Fsp3) is 0.429. The van der Waals surface area contributed by atoms with Gasteiger partial charge in [0.05, 0.1) is 17.9 Å². The highest BCUT2D eigenvalue weighted by atomic mass is 32.1. The van der Waals surface area contributed by atoms with Crippen LogP contribution in [-0.2, 0) is 6.54 Å². The van der Waals surface area contributed by atoms with Gasteiger partial charge in [-0.3, -0.25) is 14.7 Å². The third kappa shape index (κ3) is 2.32. The highest BCUT2D eigenvalue weighted by Gasteiger charge is 2.51. The zero-order chi connectivity index (χ0) is 14.3. The van der Waals surface area contributed by atoms with Crippen molar-refractivity contribution in [1.82, 2.24) is 18.6 Å². The Kier molecular flexibility index (Phi) is 2.97. The van der Waals surface area contributed by atoms with E-state index in [0.717, 1.165) is 50.4 Å². The molecular weight excluding hydrogens is 286 g/mol. The normalized spacial score (nSPS) is 20.1. The molecule has 0 atom stereocenters. The molecule has 2 aromatic heterocycles. The van der Waals surface area contributed by atoms with E-state index < -0.39 is 0 Å². The number of anilines is 1. The van der Waals surface area contributed by atoms with Gasteiger partial charge in [0.1, 0.15) is 5.69 Å². The largest absolute Gasteiger partial charge is 0.353 e. The lowest BCUT2D eigenvalue weighted by molar-refractivity contribution is -0.0276. The molecule has 2 aliphatic rings. The van der Waals surface area contributed by atoms with Crippen LogP contribution in [0.2, 0.25) is 0 Å². The first-order chi connectivity index (χ1) is 10.3. The summed E-state index contributed by atoms with van der Waals surface area (Å²) in [5.74, 6) is 1.01. The summed E-state index contributed by atoms with van der Waals surface area (Å²) >= 11 is 1.26. The van der Waals surface area contributed by atoms with E-state index in [1.54, 1.807) is 12.3 Å². The van der Waals surface area contributed by atoms with Crippen molar-refractivity contribution in [2.75, 3.05) is 31.1 Å². The van der Waals surface area contributed by atoms with Crippen molar-refractivity contribution in [2.24, 2.45) is 5.41 Å². The van der Waals surface area contributed by atoms with Crippen LogP contribution in [0.1, 0.15) is 16.1 Å². The van der Waals surface area contributed by atoms with Gasteiger partial charge in [-0.2, -0.15) is 8.75 Å². The summed E-state index contributed by atoms with van der Waals surface area (Å²) in [7, 11) is 0. The molecule has 0 bridgehead atoms. The Bertz CT molecular complexity index is 628. The number of hydrogen-bond donors (Lipinski definition) is 0. The molecule has 0 radical (unpaired) electrons. The highest BCUT2D eigenvalue weighted by Crippen LogP contribution is 2.41. The Balaban J connectivity index is 1.29. The molecule has 1 spiro atoms. The van der Waals surface area contributed by atoms with Crippen molar-refractivity contribution < 1.29 is 4.79 Å². The molecule has 21 heavy (non-hydrogen) atoms. The maximum absolute atomic E-state index is 10.6. The second kappa shape index (κ2) is 4.85. The number of aromatic nitrogens is 3. The van der Waals surface area contributed by atoms with E-state index in [-0.39, 0.29) is 0 Å². The van der Waals surface area contributed by atoms with Crippen molar-refractivity contribution in [3.63, 3.8) is 0 Å². The van der Waals surface area contributed by atoms with Crippen LogP contribution in [-0.4, -0.2) is 51.1 Å². The average Bonchev–Trinajstić information content (AvgIpc) is 2.94. The smallest absolute Gasteiger partial charge is 0.168 e. The maximum Gasteiger partial charge on any atom is 0.168 e. The first kappa shape index (κ1) is 12.8. The molecule has 0 N–H and O–H groups in total. The molecule has 7 heteroatoms. The fourth-order valence-electron chi connectivity index (χ4n) is 3.30. The Morgan fingerprint density at radius 3 is 2.71 bits per heavy atom. The molecule has 0 amide bonds. The van der Waals surface area contributed by atoms with Gasteiger partial charge in [0.2, 0.25) is 0 Å². The topological polar surface area (TPSA) is 62.2 Å². The van der Waals surface area contributed by atoms with Gasteiger partial charge in [0.15, 0.2) is 12.1 Å². The monoisotopic (exact) mass is 301 g/mol. The molecule has 2 aliphatic heterocycles. The van der Waals surface area contributed by atoms with Gasteiger partial charge >= 0.3 is 0 Å². The van der Waals surface area contributed by atoms with Crippen LogP contribution in [0.4, 0.5) is 5.82 Å². The predicted molar refractivity (Wildman–Crippen MR) is 79.5 cm³/mol. The molecule has 4 heterocycles. The van der Waals surface area contributed by atoms with Crippen LogP contribution in [0.5, 0.6) is 0 Å². The number of pyridine rings is 1. The lowest BCUT2D eigenvalue weighted by Gasteiger charge is -2.60. The number of likely N-dealkylation sites (tertiary alicyclic amines) is 1. The van der Waals surface area contributed by atoms with Gasteiger partial charge in [-0.05, 0) is 11.6 Å². The van der Waals surface area contributed by atoms with E-state index in [9.17, 15) is 4.79 Å². The van der Waals surface area contributed by atoms with Gasteiger partial charge in [0.25, 0.3) is 0 Å². The summed E-state index contributed by atoms with van der Waals surface area (Å²) < 4.78 is 8.32. The van der Waals surface area contributed by atoms with Crippen LogP contribution in [0, 0.1) is 5.41 Å². The minimum absolute atomic E-state index is 0.444. The first-order valence-corrected chi connectivity index (χ1v) is 7.64. The maximum atomic E-state index is 10.6.